The minimum absolute atomic E-state index is 0.0629. The fraction of sp³-hybridized carbons (Fsp3) is 0. The van der Waals surface area contributed by atoms with Crippen LogP contribution in [0.15, 0.2) is 16.7 Å². The minimum atomic E-state index is -1.58. The first-order valence-electron chi connectivity index (χ1n) is 2.65. The highest BCUT2D eigenvalue weighted by atomic mass is 16.4. The fourth-order valence-corrected chi connectivity index (χ4v) is 0.564. The second-order valence-corrected chi connectivity index (χ2v) is 1.76. The predicted octanol–water partition coefficient (Wildman–Crippen LogP) is -1.06. The number of terminal acetylenes is 1. The zero-order valence-corrected chi connectivity index (χ0v) is 5.11. The molecule has 50 valence electrons. The summed E-state index contributed by atoms with van der Waals surface area (Å²) in [7, 11) is -1.58. The highest BCUT2D eigenvalue weighted by molar-refractivity contribution is 6.57. The second kappa shape index (κ2) is 2.61. The van der Waals surface area contributed by atoms with Crippen molar-refractivity contribution < 1.29 is 14.5 Å². The summed E-state index contributed by atoms with van der Waals surface area (Å²) in [6.07, 6.45) is 6.28. The van der Waals surface area contributed by atoms with Gasteiger partial charge in [-0.15, -0.1) is 6.42 Å². The van der Waals surface area contributed by atoms with Gasteiger partial charge in [0.05, 0.1) is 5.56 Å². The van der Waals surface area contributed by atoms with E-state index < -0.39 is 7.12 Å². The van der Waals surface area contributed by atoms with Crippen LogP contribution in [0.25, 0.3) is 0 Å². The molecule has 3 nitrogen and oxygen atoms in total. The molecule has 0 amide bonds. The number of furan rings is 1. The predicted molar refractivity (Wildman–Crippen MR) is 36.5 cm³/mol. The molecule has 0 bridgehead atoms. The standard InChI is InChI=1S/C6H5BO3/c1-2-5-3-6(7(8)9)10-4-5/h1,3-4,8-9H. The largest absolute Gasteiger partial charge is 0.526 e. The van der Waals surface area contributed by atoms with Crippen molar-refractivity contribution in [3.8, 4) is 12.3 Å². The van der Waals surface area contributed by atoms with Crippen molar-refractivity contribution in [2.24, 2.45) is 0 Å². The average Bonchev–Trinajstić information content (AvgIpc) is 2.34. The monoisotopic (exact) mass is 136 g/mol. The van der Waals surface area contributed by atoms with Crippen molar-refractivity contribution in [2.45, 2.75) is 0 Å². The molecule has 0 aliphatic heterocycles. The molecule has 0 saturated carbocycles. The number of rotatable bonds is 1. The van der Waals surface area contributed by atoms with E-state index in [4.69, 9.17) is 16.5 Å². The number of hydrogen-bond acceptors (Lipinski definition) is 3. The summed E-state index contributed by atoms with van der Waals surface area (Å²) in [5, 5.41) is 17.1. The highest BCUT2D eigenvalue weighted by Crippen LogP contribution is 1.94. The molecule has 2 N–H and O–H groups in total. The van der Waals surface area contributed by atoms with Crippen LogP contribution < -0.4 is 5.66 Å². The quantitative estimate of drug-likeness (QED) is 0.382. The topological polar surface area (TPSA) is 53.6 Å². The zero-order chi connectivity index (χ0) is 7.56. The van der Waals surface area contributed by atoms with Crippen LogP contribution in [-0.2, 0) is 0 Å². The lowest BCUT2D eigenvalue weighted by Crippen LogP contribution is -2.27. The molecule has 0 fully saturated rings. The third kappa shape index (κ3) is 1.21. The van der Waals surface area contributed by atoms with Crippen molar-refractivity contribution in [1.29, 1.82) is 0 Å². The molecule has 1 aromatic heterocycles. The van der Waals surface area contributed by atoms with E-state index in [0.29, 0.717) is 5.56 Å². The van der Waals surface area contributed by atoms with Gasteiger partial charge in [-0.3, -0.25) is 0 Å². The summed E-state index contributed by atoms with van der Waals surface area (Å²) in [5.74, 6) is 2.29. The summed E-state index contributed by atoms with van der Waals surface area (Å²) in [4.78, 5) is 0. The molecule has 0 saturated heterocycles. The Labute approximate surface area is 58.4 Å². The Bertz CT molecular complexity index is 258. The van der Waals surface area contributed by atoms with Crippen LogP contribution >= 0.6 is 0 Å². The Balaban J connectivity index is 2.91. The van der Waals surface area contributed by atoms with Gasteiger partial charge in [0.2, 0.25) is 0 Å². The first-order valence-corrected chi connectivity index (χ1v) is 2.65. The lowest BCUT2D eigenvalue weighted by Gasteiger charge is -1.86. The lowest BCUT2D eigenvalue weighted by molar-refractivity contribution is 0.409. The van der Waals surface area contributed by atoms with Gasteiger partial charge in [0.15, 0.2) is 0 Å². The molecule has 0 aliphatic carbocycles. The van der Waals surface area contributed by atoms with Crippen LogP contribution in [0, 0.1) is 12.3 Å². The van der Waals surface area contributed by atoms with Crippen molar-refractivity contribution in [2.75, 3.05) is 0 Å². The van der Waals surface area contributed by atoms with Gasteiger partial charge in [-0.05, 0) is 6.07 Å². The molecule has 0 radical (unpaired) electrons. The molecule has 1 heterocycles. The van der Waals surface area contributed by atoms with E-state index in [0.717, 1.165) is 0 Å². The van der Waals surface area contributed by atoms with Gasteiger partial charge < -0.3 is 14.5 Å². The molecule has 10 heavy (non-hydrogen) atoms. The molecule has 0 unspecified atom stereocenters. The fourth-order valence-electron chi connectivity index (χ4n) is 0.564. The van der Waals surface area contributed by atoms with Crippen LogP contribution in [0.1, 0.15) is 5.56 Å². The van der Waals surface area contributed by atoms with Gasteiger partial charge in [-0.2, -0.15) is 0 Å². The average molecular weight is 136 g/mol. The smallest absolute Gasteiger partial charge is 0.472 e. The van der Waals surface area contributed by atoms with Crippen LogP contribution in [0.3, 0.4) is 0 Å². The lowest BCUT2D eigenvalue weighted by atomic mass is 9.88. The van der Waals surface area contributed by atoms with Gasteiger partial charge in [-0.25, -0.2) is 0 Å². The van der Waals surface area contributed by atoms with Gasteiger partial charge in [0, 0.05) is 0 Å². The van der Waals surface area contributed by atoms with Gasteiger partial charge >= 0.3 is 7.12 Å². The van der Waals surface area contributed by atoms with E-state index in [-0.39, 0.29) is 5.66 Å². The van der Waals surface area contributed by atoms with Crippen molar-refractivity contribution >= 4 is 12.8 Å². The third-order valence-corrected chi connectivity index (χ3v) is 1.04. The molecule has 0 atom stereocenters. The maximum atomic E-state index is 8.53. The van der Waals surface area contributed by atoms with E-state index in [1.165, 1.54) is 12.3 Å². The van der Waals surface area contributed by atoms with E-state index >= 15 is 0 Å². The Kier molecular flexibility index (Phi) is 1.81. The minimum Gasteiger partial charge on any atom is -0.472 e. The zero-order valence-electron chi connectivity index (χ0n) is 5.11. The Morgan fingerprint density at radius 2 is 2.30 bits per heavy atom. The van der Waals surface area contributed by atoms with Crippen molar-refractivity contribution in [3.63, 3.8) is 0 Å². The Morgan fingerprint density at radius 3 is 2.60 bits per heavy atom. The van der Waals surface area contributed by atoms with E-state index in [9.17, 15) is 0 Å². The van der Waals surface area contributed by atoms with Crippen LogP contribution in [0.4, 0.5) is 0 Å². The summed E-state index contributed by atoms with van der Waals surface area (Å²) < 4.78 is 4.67. The highest BCUT2D eigenvalue weighted by Gasteiger charge is 2.14. The van der Waals surface area contributed by atoms with Crippen LogP contribution in [0.5, 0.6) is 0 Å². The third-order valence-electron chi connectivity index (χ3n) is 1.04. The van der Waals surface area contributed by atoms with E-state index in [1.54, 1.807) is 0 Å². The Hall–Kier alpha value is -1.18. The summed E-state index contributed by atoms with van der Waals surface area (Å²) in [5.41, 5.74) is 0.566. The maximum Gasteiger partial charge on any atom is 0.526 e. The molecular weight excluding hydrogens is 131 g/mol. The van der Waals surface area contributed by atoms with Crippen molar-refractivity contribution in [3.05, 3.63) is 17.9 Å². The normalized spacial score (nSPS) is 8.90. The second-order valence-electron chi connectivity index (χ2n) is 1.76. The van der Waals surface area contributed by atoms with E-state index in [2.05, 4.69) is 10.3 Å². The van der Waals surface area contributed by atoms with Crippen LogP contribution in [0.2, 0.25) is 0 Å². The molecule has 0 aliphatic rings. The summed E-state index contributed by atoms with van der Waals surface area (Å²) in [6.45, 7) is 0. The molecule has 4 heteroatoms. The number of hydrogen-bond donors (Lipinski definition) is 2. The molecule has 0 aromatic carbocycles. The van der Waals surface area contributed by atoms with Crippen LogP contribution in [-0.4, -0.2) is 17.2 Å². The SMILES string of the molecule is C#Cc1coc(B(O)O)c1. The molecule has 1 aromatic rings. The molecular formula is C6H5BO3. The first-order chi connectivity index (χ1) is 4.74. The van der Waals surface area contributed by atoms with Gasteiger partial charge in [0.25, 0.3) is 0 Å². The van der Waals surface area contributed by atoms with E-state index in [1.807, 2.05) is 0 Å². The first kappa shape index (κ1) is 6.94. The maximum absolute atomic E-state index is 8.53. The van der Waals surface area contributed by atoms with Gasteiger partial charge in [-0.1, -0.05) is 5.92 Å². The Morgan fingerprint density at radius 1 is 1.60 bits per heavy atom. The molecule has 0 spiro atoms. The van der Waals surface area contributed by atoms with Crippen molar-refractivity contribution in [1.82, 2.24) is 0 Å². The summed E-state index contributed by atoms with van der Waals surface area (Å²) >= 11 is 0. The van der Waals surface area contributed by atoms with Gasteiger partial charge in [0.1, 0.15) is 11.9 Å². The molecule has 1 rings (SSSR count). The summed E-state index contributed by atoms with van der Waals surface area (Å²) in [6, 6.07) is 1.39.